The lowest BCUT2D eigenvalue weighted by Gasteiger charge is -2.22. The predicted molar refractivity (Wildman–Crippen MR) is 65.1 cm³/mol. The van der Waals surface area contributed by atoms with Crippen molar-refractivity contribution in [1.29, 1.82) is 0 Å². The van der Waals surface area contributed by atoms with Gasteiger partial charge in [-0.05, 0) is 25.5 Å². The molecule has 0 bridgehead atoms. The van der Waals surface area contributed by atoms with E-state index in [0.29, 0.717) is 11.9 Å². The van der Waals surface area contributed by atoms with Crippen LogP contribution in [0.15, 0.2) is 18.2 Å². The van der Waals surface area contributed by atoms with Crippen LogP contribution in [0.5, 0.6) is 5.88 Å². The summed E-state index contributed by atoms with van der Waals surface area (Å²) in [5.74, 6) is 1.64. The Morgan fingerprint density at radius 1 is 1.56 bits per heavy atom. The highest BCUT2D eigenvalue weighted by atomic mass is 16.5. The van der Waals surface area contributed by atoms with Crippen molar-refractivity contribution in [2.75, 3.05) is 32.1 Å². The minimum Gasteiger partial charge on any atom is -0.481 e. The fourth-order valence-electron chi connectivity index (χ4n) is 2.07. The number of rotatable bonds is 4. The van der Waals surface area contributed by atoms with Gasteiger partial charge in [0.05, 0.1) is 7.11 Å². The first-order valence-electron chi connectivity index (χ1n) is 5.75. The minimum atomic E-state index is 0.595. The van der Waals surface area contributed by atoms with Crippen LogP contribution in [0.25, 0.3) is 0 Å². The molecule has 2 heterocycles. The highest BCUT2D eigenvalue weighted by Gasteiger charge is 2.16. The van der Waals surface area contributed by atoms with Crippen molar-refractivity contribution in [3.05, 3.63) is 18.2 Å². The van der Waals surface area contributed by atoms with Gasteiger partial charge in [-0.15, -0.1) is 0 Å². The van der Waals surface area contributed by atoms with Crippen LogP contribution in [0.3, 0.4) is 0 Å². The van der Waals surface area contributed by atoms with Crippen LogP contribution >= 0.6 is 0 Å². The standard InChI is InChI=1S/C12H19N3O/c1-15(9-10-5-4-8-13-10)11-6-3-7-12(14-11)16-2/h3,6-7,10,13H,4-5,8-9H2,1-2H3. The van der Waals surface area contributed by atoms with E-state index in [2.05, 4.69) is 22.2 Å². The molecule has 88 valence electrons. The van der Waals surface area contributed by atoms with Crippen molar-refractivity contribution in [1.82, 2.24) is 10.3 Å². The maximum absolute atomic E-state index is 5.12. The fraction of sp³-hybridized carbons (Fsp3) is 0.583. The molecule has 1 unspecified atom stereocenters. The number of nitrogens with zero attached hydrogens (tertiary/aromatic N) is 2. The van der Waals surface area contributed by atoms with Gasteiger partial charge < -0.3 is 15.0 Å². The molecule has 0 radical (unpaired) electrons. The van der Waals surface area contributed by atoms with Crippen molar-refractivity contribution in [3.63, 3.8) is 0 Å². The summed E-state index contributed by atoms with van der Waals surface area (Å²) in [5, 5.41) is 3.49. The number of hydrogen-bond acceptors (Lipinski definition) is 4. The molecule has 0 aliphatic carbocycles. The Morgan fingerprint density at radius 2 is 2.44 bits per heavy atom. The zero-order chi connectivity index (χ0) is 11.4. The van der Waals surface area contributed by atoms with E-state index < -0.39 is 0 Å². The number of nitrogens with one attached hydrogen (secondary N) is 1. The quantitative estimate of drug-likeness (QED) is 0.831. The number of pyridine rings is 1. The van der Waals surface area contributed by atoms with Gasteiger partial charge in [0.1, 0.15) is 5.82 Å². The van der Waals surface area contributed by atoms with Crippen molar-refractivity contribution >= 4 is 5.82 Å². The maximum Gasteiger partial charge on any atom is 0.214 e. The summed E-state index contributed by atoms with van der Waals surface area (Å²) < 4.78 is 5.12. The lowest BCUT2D eigenvalue weighted by atomic mass is 10.2. The van der Waals surface area contributed by atoms with Crippen molar-refractivity contribution in [3.8, 4) is 5.88 Å². The SMILES string of the molecule is COc1cccc(N(C)CC2CCCN2)n1. The molecule has 1 aliphatic heterocycles. The van der Waals surface area contributed by atoms with Crippen LogP contribution in [0.1, 0.15) is 12.8 Å². The van der Waals surface area contributed by atoms with E-state index in [1.807, 2.05) is 18.2 Å². The highest BCUT2D eigenvalue weighted by Crippen LogP contribution is 2.16. The summed E-state index contributed by atoms with van der Waals surface area (Å²) in [5.41, 5.74) is 0. The molecule has 0 amide bonds. The molecule has 0 spiro atoms. The highest BCUT2D eigenvalue weighted by molar-refractivity contribution is 5.39. The lowest BCUT2D eigenvalue weighted by Crippen LogP contribution is -2.35. The second kappa shape index (κ2) is 5.16. The molecule has 2 rings (SSSR count). The van der Waals surface area contributed by atoms with Crippen LogP contribution in [-0.4, -0.2) is 38.3 Å². The Bertz CT molecular complexity index is 337. The molecule has 4 nitrogen and oxygen atoms in total. The Hall–Kier alpha value is -1.29. The summed E-state index contributed by atoms with van der Waals surface area (Å²) in [7, 11) is 3.71. The molecule has 16 heavy (non-hydrogen) atoms. The molecular weight excluding hydrogens is 202 g/mol. The molecular formula is C12H19N3O. The zero-order valence-corrected chi connectivity index (χ0v) is 9.94. The Kier molecular flexibility index (Phi) is 3.62. The molecule has 1 aromatic rings. The largest absolute Gasteiger partial charge is 0.481 e. The van der Waals surface area contributed by atoms with E-state index in [4.69, 9.17) is 4.74 Å². The first-order chi connectivity index (χ1) is 7.79. The number of hydrogen-bond donors (Lipinski definition) is 1. The van der Waals surface area contributed by atoms with E-state index in [0.717, 1.165) is 18.9 Å². The van der Waals surface area contributed by atoms with Gasteiger partial charge in [0.15, 0.2) is 0 Å². The first-order valence-corrected chi connectivity index (χ1v) is 5.75. The smallest absolute Gasteiger partial charge is 0.214 e. The van der Waals surface area contributed by atoms with Crippen LogP contribution in [0.2, 0.25) is 0 Å². The van der Waals surface area contributed by atoms with E-state index in [-0.39, 0.29) is 0 Å². The number of likely N-dealkylation sites (N-methyl/N-ethyl adjacent to an activating group) is 1. The molecule has 4 heteroatoms. The lowest BCUT2D eigenvalue weighted by molar-refractivity contribution is 0.398. The summed E-state index contributed by atoms with van der Waals surface area (Å²) >= 11 is 0. The average molecular weight is 221 g/mol. The third-order valence-electron chi connectivity index (χ3n) is 2.97. The molecule has 1 fully saturated rings. The molecule has 1 N–H and O–H groups in total. The van der Waals surface area contributed by atoms with Gasteiger partial charge in [-0.25, -0.2) is 0 Å². The maximum atomic E-state index is 5.12. The molecule has 1 aromatic heterocycles. The van der Waals surface area contributed by atoms with Gasteiger partial charge >= 0.3 is 0 Å². The summed E-state index contributed by atoms with van der Waals surface area (Å²) in [6.45, 7) is 2.14. The van der Waals surface area contributed by atoms with Crippen LogP contribution in [-0.2, 0) is 0 Å². The molecule has 0 saturated carbocycles. The second-order valence-electron chi connectivity index (χ2n) is 4.21. The molecule has 0 aromatic carbocycles. The normalized spacial score (nSPS) is 19.8. The Balaban J connectivity index is 1.98. The van der Waals surface area contributed by atoms with Crippen LogP contribution in [0, 0.1) is 0 Å². The first kappa shape index (κ1) is 11.2. The van der Waals surface area contributed by atoms with E-state index in [1.54, 1.807) is 7.11 Å². The average Bonchev–Trinajstić information content (AvgIpc) is 2.82. The van der Waals surface area contributed by atoms with Gasteiger partial charge in [-0.1, -0.05) is 6.07 Å². The third kappa shape index (κ3) is 2.64. The minimum absolute atomic E-state index is 0.595. The monoisotopic (exact) mass is 221 g/mol. The van der Waals surface area contributed by atoms with Crippen molar-refractivity contribution < 1.29 is 4.74 Å². The van der Waals surface area contributed by atoms with E-state index in [9.17, 15) is 0 Å². The predicted octanol–water partition coefficient (Wildman–Crippen LogP) is 1.28. The van der Waals surface area contributed by atoms with Gasteiger partial charge in [0, 0.05) is 25.7 Å². The van der Waals surface area contributed by atoms with Gasteiger partial charge in [-0.3, -0.25) is 0 Å². The molecule has 1 aliphatic rings. The summed E-state index contributed by atoms with van der Waals surface area (Å²) in [6, 6.07) is 6.44. The number of anilines is 1. The fourth-order valence-corrected chi connectivity index (χ4v) is 2.07. The van der Waals surface area contributed by atoms with E-state index >= 15 is 0 Å². The van der Waals surface area contributed by atoms with Crippen LogP contribution in [0.4, 0.5) is 5.82 Å². The van der Waals surface area contributed by atoms with Gasteiger partial charge in [0.2, 0.25) is 5.88 Å². The number of aromatic nitrogens is 1. The van der Waals surface area contributed by atoms with Gasteiger partial charge in [0.25, 0.3) is 0 Å². The molecule has 1 atom stereocenters. The van der Waals surface area contributed by atoms with Crippen LogP contribution < -0.4 is 15.0 Å². The number of ether oxygens (including phenoxy) is 1. The second-order valence-corrected chi connectivity index (χ2v) is 4.21. The van der Waals surface area contributed by atoms with E-state index in [1.165, 1.54) is 12.8 Å². The summed E-state index contributed by atoms with van der Waals surface area (Å²) in [6.07, 6.45) is 2.54. The van der Waals surface area contributed by atoms with Gasteiger partial charge in [-0.2, -0.15) is 4.98 Å². The summed E-state index contributed by atoms with van der Waals surface area (Å²) in [4.78, 5) is 6.58. The topological polar surface area (TPSA) is 37.4 Å². The molecule has 1 saturated heterocycles. The Labute approximate surface area is 96.6 Å². The zero-order valence-electron chi connectivity index (χ0n) is 9.94. The van der Waals surface area contributed by atoms with Crippen molar-refractivity contribution in [2.24, 2.45) is 0 Å². The van der Waals surface area contributed by atoms with Crippen molar-refractivity contribution in [2.45, 2.75) is 18.9 Å². The number of methoxy groups -OCH3 is 1. The third-order valence-corrected chi connectivity index (χ3v) is 2.97. The Morgan fingerprint density at radius 3 is 3.12 bits per heavy atom.